The second-order valence-electron chi connectivity index (χ2n) is 6.00. The van der Waals surface area contributed by atoms with Crippen LogP contribution in [0.25, 0.3) is 0 Å². The summed E-state index contributed by atoms with van der Waals surface area (Å²) in [5.41, 5.74) is 1.93. The molecule has 1 saturated heterocycles. The van der Waals surface area contributed by atoms with Crippen molar-refractivity contribution in [2.45, 2.75) is 13.3 Å². The standard InChI is InChI=1S/C19H23N3O/c1-16-6-2-3-7-17(16)18(23)9-11-21-12-14-22(15-13-21)19-8-4-5-10-20-19/h2-8,10H,9,11-15H2,1H3. The molecule has 1 aromatic carbocycles. The Labute approximate surface area is 137 Å². The summed E-state index contributed by atoms with van der Waals surface area (Å²) >= 11 is 0. The number of aromatic nitrogens is 1. The van der Waals surface area contributed by atoms with E-state index in [0.717, 1.165) is 49.7 Å². The molecule has 0 amide bonds. The highest BCUT2D eigenvalue weighted by Gasteiger charge is 2.18. The van der Waals surface area contributed by atoms with Crippen molar-refractivity contribution < 1.29 is 4.79 Å². The Morgan fingerprint density at radius 3 is 2.48 bits per heavy atom. The summed E-state index contributed by atoms with van der Waals surface area (Å²) in [6.45, 7) is 6.74. The number of Topliss-reactive ketones (excluding diaryl/α,β-unsaturated/α-hetero) is 1. The molecule has 23 heavy (non-hydrogen) atoms. The molecule has 120 valence electrons. The van der Waals surface area contributed by atoms with Crippen molar-refractivity contribution in [3.05, 3.63) is 59.8 Å². The van der Waals surface area contributed by atoms with E-state index in [1.807, 2.05) is 49.5 Å². The Bertz CT molecular complexity index is 649. The number of hydrogen-bond donors (Lipinski definition) is 0. The fraction of sp³-hybridized carbons (Fsp3) is 0.368. The minimum atomic E-state index is 0.246. The predicted octanol–water partition coefficient (Wildman–Crippen LogP) is 2.79. The third-order valence-corrected chi connectivity index (χ3v) is 4.45. The third-order valence-electron chi connectivity index (χ3n) is 4.45. The average Bonchev–Trinajstić information content (AvgIpc) is 2.61. The third kappa shape index (κ3) is 3.96. The second-order valence-corrected chi connectivity index (χ2v) is 6.00. The van der Waals surface area contributed by atoms with E-state index in [-0.39, 0.29) is 5.78 Å². The van der Waals surface area contributed by atoms with Gasteiger partial charge in [-0.3, -0.25) is 9.69 Å². The zero-order chi connectivity index (χ0) is 16.1. The van der Waals surface area contributed by atoms with Crippen LogP contribution in [0.5, 0.6) is 0 Å². The highest BCUT2D eigenvalue weighted by molar-refractivity contribution is 5.97. The van der Waals surface area contributed by atoms with Crippen molar-refractivity contribution >= 4 is 11.6 Å². The van der Waals surface area contributed by atoms with Crippen LogP contribution in [0.4, 0.5) is 5.82 Å². The van der Waals surface area contributed by atoms with E-state index in [1.165, 1.54) is 0 Å². The van der Waals surface area contributed by atoms with Gasteiger partial charge in [-0.2, -0.15) is 0 Å². The molecule has 1 fully saturated rings. The molecule has 0 N–H and O–H groups in total. The summed E-state index contributed by atoms with van der Waals surface area (Å²) < 4.78 is 0. The normalized spacial score (nSPS) is 15.6. The Balaban J connectivity index is 1.48. The molecule has 4 heteroatoms. The molecule has 0 bridgehead atoms. The molecule has 0 aliphatic carbocycles. The van der Waals surface area contributed by atoms with Crippen LogP contribution in [-0.4, -0.2) is 48.4 Å². The topological polar surface area (TPSA) is 36.4 Å². The first-order valence-corrected chi connectivity index (χ1v) is 8.21. The molecular formula is C19H23N3O. The predicted molar refractivity (Wildman–Crippen MR) is 93.0 cm³/mol. The SMILES string of the molecule is Cc1ccccc1C(=O)CCN1CCN(c2ccccn2)CC1. The van der Waals surface area contributed by atoms with Crippen molar-refractivity contribution in [3.63, 3.8) is 0 Å². The Kier molecular flexibility index (Phi) is 5.03. The van der Waals surface area contributed by atoms with Gasteiger partial charge in [0.2, 0.25) is 0 Å². The van der Waals surface area contributed by atoms with Crippen molar-refractivity contribution in [1.82, 2.24) is 9.88 Å². The average molecular weight is 309 g/mol. The number of piperazine rings is 1. The molecule has 0 unspecified atom stereocenters. The maximum atomic E-state index is 12.3. The molecule has 1 aromatic heterocycles. The Morgan fingerprint density at radius 2 is 1.78 bits per heavy atom. The van der Waals surface area contributed by atoms with Crippen LogP contribution in [-0.2, 0) is 0 Å². The number of carbonyl (C=O) groups excluding carboxylic acids is 1. The van der Waals surface area contributed by atoms with Gasteiger partial charge in [0.05, 0.1) is 0 Å². The van der Waals surface area contributed by atoms with Crippen molar-refractivity contribution in [2.24, 2.45) is 0 Å². The number of aryl methyl sites for hydroxylation is 1. The summed E-state index contributed by atoms with van der Waals surface area (Å²) in [6.07, 6.45) is 2.43. The van der Waals surface area contributed by atoms with Gasteiger partial charge in [0.15, 0.2) is 5.78 Å². The quantitative estimate of drug-likeness (QED) is 0.796. The van der Waals surface area contributed by atoms with E-state index < -0.39 is 0 Å². The van der Waals surface area contributed by atoms with E-state index >= 15 is 0 Å². The van der Waals surface area contributed by atoms with Crippen molar-refractivity contribution in [3.8, 4) is 0 Å². The number of hydrogen-bond acceptors (Lipinski definition) is 4. The molecule has 4 nitrogen and oxygen atoms in total. The zero-order valence-electron chi connectivity index (χ0n) is 13.6. The molecule has 2 heterocycles. The van der Waals surface area contributed by atoms with E-state index in [2.05, 4.69) is 20.9 Å². The van der Waals surface area contributed by atoms with Crippen molar-refractivity contribution in [2.75, 3.05) is 37.6 Å². The Hall–Kier alpha value is -2.20. The first-order valence-electron chi connectivity index (χ1n) is 8.21. The molecule has 0 spiro atoms. The van der Waals surface area contributed by atoms with Crippen LogP contribution in [0.2, 0.25) is 0 Å². The number of anilines is 1. The summed E-state index contributed by atoms with van der Waals surface area (Å²) in [7, 11) is 0. The Morgan fingerprint density at radius 1 is 1.04 bits per heavy atom. The zero-order valence-corrected chi connectivity index (χ0v) is 13.6. The molecule has 3 rings (SSSR count). The molecule has 1 aliphatic heterocycles. The lowest BCUT2D eigenvalue weighted by Gasteiger charge is -2.35. The summed E-state index contributed by atoms with van der Waals surface area (Å²) in [5.74, 6) is 1.29. The van der Waals surface area contributed by atoms with Crippen LogP contribution in [0, 0.1) is 6.92 Å². The lowest BCUT2D eigenvalue weighted by molar-refractivity contribution is 0.0962. The lowest BCUT2D eigenvalue weighted by Crippen LogP contribution is -2.47. The maximum absolute atomic E-state index is 12.3. The number of ketones is 1. The van der Waals surface area contributed by atoms with E-state index in [0.29, 0.717) is 6.42 Å². The number of pyridine rings is 1. The number of carbonyl (C=O) groups is 1. The van der Waals surface area contributed by atoms with E-state index in [9.17, 15) is 4.79 Å². The van der Waals surface area contributed by atoms with E-state index in [1.54, 1.807) is 0 Å². The summed E-state index contributed by atoms with van der Waals surface area (Å²) in [6, 6.07) is 13.9. The summed E-state index contributed by atoms with van der Waals surface area (Å²) in [4.78, 5) is 21.4. The van der Waals surface area contributed by atoms with Crippen LogP contribution in [0.15, 0.2) is 48.7 Å². The minimum absolute atomic E-state index is 0.246. The number of benzene rings is 1. The van der Waals surface area contributed by atoms with E-state index in [4.69, 9.17) is 0 Å². The first-order chi connectivity index (χ1) is 11.2. The smallest absolute Gasteiger partial charge is 0.164 e. The maximum Gasteiger partial charge on any atom is 0.164 e. The lowest BCUT2D eigenvalue weighted by atomic mass is 10.0. The summed E-state index contributed by atoms with van der Waals surface area (Å²) in [5, 5.41) is 0. The highest BCUT2D eigenvalue weighted by Crippen LogP contribution is 2.14. The van der Waals surface area contributed by atoms with Gasteiger partial charge < -0.3 is 4.90 Å². The van der Waals surface area contributed by atoms with Crippen molar-refractivity contribution in [1.29, 1.82) is 0 Å². The monoisotopic (exact) mass is 309 g/mol. The van der Waals surface area contributed by atoms with Gasteiger partial charge in [0.1, 0.15) is 5.82 Å². The fourth-order valence-corrected chi connectivity index (χ4v) is 3.02. The first kappa shape index (κ1) is 15.7. The van der Waals surface area contributed by atoms with Gasteiger partial charge in [0, 0.05) is 50.9 Å². The number of rotatable bonds is 5. The fourth-order valence-electron chi connectivity index (χ4n) is 3.02. The minimum Gasteiger partial charge on any atom is -0.354 e. The second kappa shape index (κ2) is 7.38. The molecule has 1 aliphatic rings. The molecule has 0 atom stereocenters. The molecule has 0 saturated carbocycles. The van der Waals surface area contributed by atoms with Crippen LogP contribution in [0.1, 0.15) is 22.3 Å². The van der Waals surface area contributed by atoms with Gasteiger partial charge in [-0.05, 0) is 24.6 Å². The largest absolute Gasteiger partial charge is 0.354 e. The van der Waals surface area contributed by atoms with Gasteiger partial charge >= 0.3 is 0 Å². The molecular weight excluding hydrogens is 286 g/mol. The van der Waals surface area contributed by atoms with Crippen LogP contribution in [0.3, 0.4) is 0 Å². The van der Waals surface area contributed by atoms with Crippen LogP contribution < -0.4 is 4.90 Å². The highest BCUT2D eigenvalue weighted by atomic mass is 16.1. The van der Waals surface area contributed by atoms with Gasteiger partial charge in [-0.15, -0.1) is 0 Å². The molecule has 2 aromatic rings. The van der Waals surface area contributed by atoms with Crippen LogP contribution >= 0.6 is 0 Å². The molecule has 0 radical (unpaired) electrons. The van der Waals surface area contributed by atoms with Gasteiger partial charge in [-0.25, -0.2) is 4.98 Å². The van der Waals surface area contributed by atoms with Gasteiger partial charge in [-0.1, -0.05) is 30.3 Å². The number of nitrogens with zero attached hydrogens (tertiary/aromatic N) is 3. The van der Waals surface area contributed by atoms with Gasteiger partial charge in [0.25, 0.3) is 0 Å².